The normalized spacial score (nSPS) is 11.7. The van der Waals surface area contributed by atoms with Crippen LogP contribution in [0.15, 0.2) is 85.5 Å². The topological polar surface area (TPSA) is 159 Å². The van der Waals surface area contributed by atoms with Crippen molar-refractivity contribution in [3.63, 3.8) is 0 Å². The van der Waals surface area contributed by atoms with Gasteiger partial charge in [0.05, 0.1) is 34.2 Å². The van der Waals surface area contributed by atoms with Gasteiger partial charge in [0, 0.05) is 47.1 Å². The van der Waals surface area contributed by atoms with E-state index < -0.39 is 21.5 Å². The SMILES string of the molecule is CS(=O)(=O)CCc1cc(F)cc(-c2nccc3[nH]c(-c4n[nH]c5ncc(-c6cncc(NC(=O)c7ccccc7)c6)c(F)c45)nc23)c1. The number of imidazole rings is 1. The second-order valence-corrected chi connectivity index (χ2v) is 13.2. The summed E-state index contributed by atoms with van der Waals surface area (Å²) in [6, 6.07) is 16.2. The number of aromatic nitrogens is 7. The average Bonchev–Trinajstić information content (AvgIpc) is 3.69. The standard InChI is InChI=1S/C33H24F2N8O3S/c1-47(45,46)10-8-18-11-20(13-22(34)12-18)28-29-25(7-9-37-28)40-32(41-29)30-26-27(35)24(17-38-31(26)43-42-30)21-14-23(16-36-15-21)39-33(44)19-5-3-2-4-6-19/h2-7,9,11-17H,8,10H2,1H3,(H,39,44)(H,40,41)(H,38,42,43). The van der Waals surface area contributed by atoms with Gasteiger partial charge in [0.1, 0.15) is 32.7 Å². The molecule has 14 heteroatoms. The Bertz CT molecular complexity index is 2430. The number of halogens is 2. The number of benzene rings is 2. The van der Waals surface area contributed by atoms with Gasteiger partial charge >= 0.3 is 0 Å². The zero-order chi connectivity index (χ0) is 32.7. The molecule has 0 radical (unpaired) electrons. The molecule has 3 N–H and O–H groups in total. The summed E-state index contributed by atoms with van der Waals surface area (Å²) in [5.41, 5.74) is 3.86. The van der Waals surface area contributed by atoms with Crippen molar-refractivity contribution in [3.05, 3.63) is 108 Å². The number of sulfone groups is 1. The Morgan fingerprint density at radius 1 is 0.936 bits per heavy atom. The quantitative estimate of drug-likeness (QED) is 0.188. The zero-order valence-electron chi connectivity index (χ0n) is 24.6. The minimum atomic E-state index is -3.25. The molecule has 7 rings (SSSR count). The zero-order valence-corrected chi connectivity index (χ0v) is 25.4. The number of amides is 1. The van der Waals surface area contributed by atoms with Gasteiger partial charge in [0.15, 0.2) is 11.5 Å². The number of aryl methyl sites for hydroxylation is 1. The molecule has 11 nitrogen and oxygen atoms in total. The molecular weight excluding hydrogens is 626 g/mol. The van der Waals surface area contributed by atoms with Gasteiger partial charge in [-0.15, -0.1) is 0 Å². The molecule has 5 heterocycles. The van der Waals surface area contributed by atoms with Crippen molar-refractivity contribution in [2.45, 2.75) is 6.42 Å². The molecule has 0 unspecified atom stereocenters. The van der Waals surface area contributed by atoms with Crippen LogP contribution in [0.1, 0.15) is 15.9 Å². The first-order valence-corrected chi connectivity index (χ1v) is 16.4. The van der Waals surface area contributed by atoms with Crippen LogP contribution in [0.4, 0.5) is 14.5 Å². The number of H-pyrrole nitrogens is 2. The van der Waals surface area contributed by atoms with E-state index in [2.05, 4.69) is 40.4 Å². The summed E-state index contributed by atoms with van der Waals surface area (Å²) in [7, 11) is -3.25. The highest BCUT2D eigenvalue weighted by atomic mass is 32.2. The second kappa shape index (κ2) is 11.8. The molecular formula is C33H24F2N8O3S. The number of hydrogen-bond donors (Lipinski definition) is 3. The van der Waals surface area contributed by atoms with Crippen molar-refractivity contribution in [1.82, 2.24) is 35.1 Å². The third-order valence-electron chi connectivity index (χ3n) is 7.49. The van der Waals surface area contributed by atoms with Crippen molar-refractivity contribution in [2.75, 3.05) is 17.3 Å². The predicted molar refractivity (Wildman–Crippen MR) is 173 cm³/mol. The number of carbonyl (C=O) groups excluding carboxylic acids is 1. The van der Waals surface area contributed by atoms with Crippen molar-refractivity contribution in [1.29, 1.82) is 0 Å². The minimum absolute atomic E-state index is 0.0728. The van der Waals surface area contributed by atoms with Gasteiger partial charge < -0.3 is 10.3 Å². The number of hydrogen-bond acceptors (Lipinski definition) is 8. The molecule has 0 aliphatic carbocycles. The van der Waals surface area contributed by atoms with Crippen molar-refractivity contribution >= 4 is 43.5 Å². The third kappa shape index (κ3) is 6.05. The number of pyridine rings is 3. The van der Waals surface area contributed by atoms with E-state index in [0.717, 1.165) is 6.26 Å². The smallest absolute Gasteiger partial charge is 0.255 e. The number of carbonyl (C=O) groups is 1. The van der Waals surface area contributed by atoms with E-state index in [4.69, 9.17) is 0 Å². The van der Waals surface area contributed by atoms with E-state index in [9.17, 15) is 17.6 Å². The number of nitrogens with one attached hydrogen (secondary N) is 3. The monoisotopic (exact) mass is 650 g/mol. The molecule has 5 aromatic heterocycles. The first-order valence-electron chi connectivity index (χ1n) is 14.3. The maximum absolute atomic E-state index is 16.3. The molecule has 0 aliphatic heterocycles. The molecule has 234 valence electrons. The van der Waals surface area contributed by atoms with E-state index in [1.165, 1.54) is 36.9 Å². The maximum Gasteiger partial charge on any atom is 0.255 e. The predicted octanol–water partition coefficient (Wildman–Crippen LogP) is 5.74. The molecule has 0 spiro atoms. The lowest BCUT2D eigenvalue weighted by Crippen LogP contribution is -2.11. The Balaban J connectivity index is 1.25. The Kier molecular flexibility index (Phi) is 7.48. The summed E-state index contributed by atoms with van der Waals surface area (Å²) >= 11 is 0. The minimum Gasteiger partial charge on any atom is -0.336 e. The molecule has 2 aromatic carbocycles. The van der Waals surface area contributed by atoms with Gasteiger partial charge in [-0.25, -0.2) is 27.2 Å². The van der Waals surface area contributed by atoms with E-state index in [-0.39, 0.29) is 46.2 Å². The lowest BCUT2D eigenvalue weighted by atomic mass is 10.0. The fourth-order valence-electron chi connectivity index (χ4n) is 5.27. The second-order valence-electron chi connectivity index (χ2n) is 10.9. The van der Waals surface area contributed by atoms with Gasteiger partial charge in [-0.05, 0) is 54.4 Å². The van der Waals surface area contributed by atoms with Crippen LogP contribution >= 0.6 is 0 Å². The number of anilines is 1. The van der Waals surface area contributed by atoms with Crippen molar-refractivity contribution < 1.29 is 22.0 Å². The Labute approximate surface area is 266 Å². The molecule has 0 atom stereocenters. The first-order chi connectivity index (χ1) is 22.6. The number of rotatable bonds is 8. The fourth-order valence-corrected chi connectivity index (χ4v) is 5.88. The molecule has 0 bridgehead atoms. The van der Waals surface area contributed by atoms with Gasteiger partial charge in [-0.1, -0.05) is 18.2 Å². The van der Waals surface area contributed by atoms with Crippen LogP contribution in [0, 0.1) is 11.6 Å². The van der Waals surface area contributed by atoms with Gasteiger partial charge in [0.2, 0.25) is 0 Å². The van der Waals surface area contributed by atoms with Gasteiger partial charge in [0.25, 0.3) is 5.91 Å². The largest absolute Gasteiger partial charge is 0.336 e. The van der Waals surface area contributed by atoms with Crippen LogP contribution in [0.5, 0.6) is 0 Å². The highest BCUT2D eigenvalue weighted by Crippen LogP contribution is 2.35. The van der Waals surface area contributed by atoms with Crippen molar-refractivity contribution in [3.8, 4) is 33.9 Å². The van der Waals surface area contributed by atoms with E-state index in [1.807, 2.05) is 6.07 Å². The summed E-state index contributed by atoms with van der Waals surface area (Å²) in [6.07, 6.45) is 7.07. The Morgan fingerprint density at radius 2 is 1.77 bits per heavy atom. The fraction of sp³-hybridized carbons (Fsp3) is 0.0909. The highest BCUT2D eigenvalue weighted by molar-refractivity contribution is 7.90. The molecule has 1 amide bonds. The molecule has 7 aromatic rings. The number of aromatic amines is 2. The summed E-state index contributed by atoms with van der Waals surface area (Å²) in [4.78, 5) is 33.5. The summed E-state index contributed by atoms with van der Waals surface area (Å²) in [5, 5.41) is 9.89. The molecule has 0 saturated carbocycles. The van der Waals surface area contributed by atoms with Crippen LogP contribution in [0.3, 0.4) is 0 Å². The first kappa shape index (κ1) is 29.8. The molecule has 0 aliphatic rings. The molecule has 0 fully saturated rings. The van der Waals surface area contributed by atoms with Gasteiger partial charge in [-0.3, -0.25) is 19.9 Å². The van der Waals surface area contributed by atoms with Crippen LogP contribution in [0.2, 0.25) is 0 Å². The van der Waals surface area contributed by atoms with Crippen LogP contribution in [0.25, 0.3) is 56.0 Å². The van der Waals surface area contributed by atoms with E-state index >= 15 is 4.39 Å². The van der Waals surface area contributed by atoms with E-state index in [1.54, 1.807) is 42.5 Å². The molecule has 47 heavy (non-hydrogen) atoms. The Morgan fingerprint density at radius 3 is 2.57 bits per heavy atom. The Hall–Kier alpha value is -5.89. The molecule has 0 saturated heterocycles. The van der Waals surface area contributed by atoms with Gasteiger partial charge in [-0.2, -0.15) is 5.10 Å². The average molecular weight is 651 g/mol. The lowest BCUT2D eigenvalue weighted by molar-refractivity contribution is 0.102. The maximum atomic E-state index is 16.3. The van der Waals surface area contributed by atoms with Crippen LogP contribution in [-0.4, -0.2) is 61.5 Å². The lowest BCUT2D eigenvalue weighted by Gasteiger charge is -2.08. The summed E-state index contributed by atoms with van der Waals surface area (Å²) in [6.45, 7) is 0. The highest BCUT2D eigenvalue weighted by Gasteiger charge is 2.22. The van der Waals surface area contributed by atoms with Crippen LogP contribution < -0.4 is 5.32 Å². The summed E-state index contributed by atoms with van der Waals surface area (Å²) < 4.78 is 54.3. The van der Waals surface area contributed by atoms with Crippen molar-refractivity contribution in [2.24, 2.45) is 0 Å². The summed E-state index contributed by atoms with van der Waals surface area (Å²) in [5.74, 6) is -1.42. The third-order valence-corrected chi connectivity index (χ3v) is 8.43. The van der Waals surface area contributed by atoms with E-state index in [0.29, 0.717) is 44.7 Å². The number of nitrogens with zero attached hydrogens (tertiary/aromatic N) is 5. The number of fused-ring (bicyclic) bond motifs is 2. The van der Waals surface area contributed by atoms with Crippen LogP contribution in [-0.2, 0) is 16.3 Å².